The number of esters is 1. The lowest BCUT2D eigenvalue weighted by atomic mass is 9.98. The van der Waals surface area contributed by atoms with Gasteiger partial charge in [-0.1, -0.05) is 73.2 Å². The Kier molecular flexibility index (Phi) is 7.94. The molecule has 4 rings (SSSR count). The minimum Gasteiger partial charge on any atom is -0.460 e. The molecule has 3 aromatic carbocycles. The van der Waals surface area contributed by atoms with Crippen molar-refractivity contribution in [3.05, 3.63) is 95.6 Å². The summed E-state index contributed by atoms with van der Waals surface area (Å²) in [5.41, 5.74) is 10.8. The highest BCUT2D eigenvalue weighted by Gasteiger charge is 2.29. The second-order valence-corrected chi connectivity index (χ2v) is 8.42. The van der Waals surface area contributed by atoms with Gasteiger partial charge in [-0.05, 0) is 53.8 Å². The summed E-state index contributed by atoms with van der Waals surface area (Å²) in [5, 5.41) is 2.88. The van der Waals surface area contributed by atoms with Crippen LogP contribution >= 0.6 is 0 Å². The Morgan fingerprint density at radius 1 is 0.824 bits per heavy atom. The van der Waals surface area contributed by atoms with Crippen molar-refractivity contribution in [2.24, 2.45) is 5.73 Å². The molecule has 1 unspecified atom stereocenters. The molecule has 6 heteroatoms. The predicted molar refractivity (Wildman–Crippen MR) is 132 cm³/mol. The molecule has 0 heterocycles. The molecule has 0 radical (unpaired) electrons. The van der Waals surface area contributed by atoms with E-state index in [2.05, 4.69) is 29.6 Å². The van der Waals surface area contributed by atoms with Crippen LogP contribution < -0.4 is 11.1 Å². The smallest absolute Gasteiger partial charge is 0.407 e. The van der Waals surface area contributed by atoms with Crippen LogP contribution in [-0.4, -0.2) is 37.9 Å². The topological polar surface area (TPSA) is 90.6 Å². The van der Waals surface area contributed by atoms with Crippen molar-refractivity contribution in [2.45, 2.75) is 31.2 Å². The number of unbranched alkanes of at least 4 members (excludes halogenated alkanes) is 1. The molecule has 6 nitrogen and oxygen atoms in total. The van der Waals surface area contributed by atoms with Crippen LogP contribution in [0.5, 0.6) is 0 Å². The highest BCUT2D eigenvalue weighted by atomic mass is 16.6. The molecular weight excluding hydrogens is 428 g/mol. The maximum Gasteiger partial charge on any atom is 0.407 e. The lowest BCUT2D eigenvalue weighted by Gasteiger charge is -2.20. The van der Waals surface area contributed by atoms with Gasteiger partial charge in [-0.25, -0.2) is 9.59 Å². The van der Waals surface area contributed by atoms with E-state index < -0.39 is 12.1 Å². The fourth-order valence-electron chi connectivity index (χ4n) is 4.37. The maximum absolute atomic E-state index is 12.7. The number of carbonyl (C=O) groups excluding carboxylic acids is 2. The van der Waals surface area contributed by atoms with Gasteiger partial charge in [0, 0.05) is 5.92 Å². The molecule has 1 amide bonds. The molecular formula is C28H30N2O4. The molecule has 0 spiro atoms. The van der Waals surface area contributed by atoms with E-state index in [1.54, 1.807) is 24.3 Å². The standard InChI is InChI=1S/C28H30N2O4/c29-17-9-8-12-21(18-33-27(31)20-10-2-1-3-11-20)30-28(32)34-19-26-24-15-6-4-13-22(24)23-14-5-7-16-25(23)26/h1-7,10-11,13-16,21,26H,8-9,12,17-19,29H2,(H,30,32). The van der Waals surface area contributed by atoms with E-state index in [9.17, 15) is 9.59 Å². The molecule has 176 valence electrons. The molecule has 0 fully saturated rings. The van der Waals surface area contributed by atoms with Crippen molar-refractivity contribution in [3.63, 3.8) is 0 Å². The average Bonchev–Trinajstić information content (AvgIpc) is 3.20. The van der Waals surface area contributed by atoms with E-state index >= 15 is 0 Å². The van der Waals surface area contributed by atoms with E-state index in [-0.39, 0.29) is 25.2 Å². The maximum atomic E-state index is 12.7. The van der Waals surface area contributed by atoms with Crippen LogP contribution in [0, 0.1) is 0 Å². The summed E-state index contributed by atoms with van der Waals surface area (Å²) in [6, 6.07) is 24.9. The molecule has 34 heavy (non-hydrogen) atoms. The van der Waals surface area contributed by atoms with Gasteiger partial charge < -0.3 is 20.5 Å². The lowest BCUT2D eigenvalue weighted by molar-refractivity contribution is 0.0451. The fraction of sp³-hybridized carbons (Fsp3) is 0.286. The molecule has 0 saturated heterocycles. The summed E-state index contributed by atoms with van der Waals surface area (Å²) in [7, 11) is 0. The third-order valence-corrected chi connectivity index (χ3v) is 6.10. The fourth-order valence-corrected chi connectivity index (χ4v) is 4.37. The van der Waals surface area contributed by atoms with E-state index in [0.29, 0.717) is 18.5 Å². The summed E-state index contributed by atoms with van der Waals surface area (Å²) in [6.45, 7) is 0.878. The van der Waals surface area contributed by atoms with Crippen LogP contribution in [0.1, 0.15) is 46.7 Å². The Labute approximate surface area is 200 Å². The van der Waals surface area contributed by atoms with Crippen LogP contribution in [0.2, 0.25) is 0 Å². The molecule has 1 atom stereocenters. The number of hydrogen-bond acceptors (Lipinski definition) is 5. The Hall–Kier alpha value is -3.64. The summed E-state index contributed by atoms with van der Waals surface area (Å²) in [5.74, 6) is -0.427. The molecule has 1 aliphatic carbocycles. The van der Waals surface area contributed by atoms with Crippen molar-refractivity contribution in [2.75, 3.05) is 19.8 Å². The van der Waals surface area contributed by atoms with Gasteiger partial charge in [0.15, 0.2) is 0 Å². The number of alkyl carbamates (subject to hydrolysis) is 1. The second-order valence-electron chi connectivity index (χ2n) is 8.42. The van der Waals surface area contributed by atoms with Gasteiger partial charge in [-0.3, -0.25) is 0 Å². The number of amides is 1. The second kappa shape index (κ2) is 11.5. The minimum absolute atomic E-state index is 0.00949. The van der Waals surface area contributed by atoms with E-state index in [1.165, 1.54) is 11.1 Å². The van der Waals surface area contributed by atoms with Gasteiger partial charge in [-0.15, -0.1) is 0 Å². The molecule has 1 aliphatic rings. The number of ether oxygens (including phenoxy) is 2. The lowest BCUT2D eigenvalue weighted by Crippen LogP contribution is -2.39. The summed E-state index contributed by atoms with van der Waals surface area (Å²) in [6.07, 6.45) is 1.77. The first-order chi connectivity index (χ1) is 16.7. The molecule has 0 saturated carbocycles. The molecule has 3 N–H and O–H groups in total. The first-order valence-electron chi connectivity index (χ1n) is 11.7. The minimum atomic E-state index is -0.518. The van der Waals surface area contributed by atoms with E-state index in [1.807, 2.05) is 30.3 Å². The zero-order valence-electron chi connectivity index (χ0n) is 19.1. The number of carbonyl (C=O) groups is 2. The average molecular weight is 459 g/mol. The first-order valence-corrected chi connectivity index (χ1v) is 11.7. The summed E-state index contributed by atoms with van der Waals surface area (Å²) in [4.78, 5) is 25.0. The Bertz CT molecular complexity index is 1070. The van der Waals surface area contributed by atoms with Gasteiger partial charge in [0.05, 0.1) is 11.6 Å². The number of nitrogens with two attached hydrogens (primary N) is 1. The number of hydrogen-bond donors (Lipinski definition) is 2. The van der Waals surface area contributed by atoms with Crippen LogP contribution in [0.15, 0.2) is 78.9 Å². The zero-order chi connectivity index (χ0) is 23.8. The molecule has 3 aromatic rings. The first kappa shape index (κ1) is 23.5. The van der Waals surface area contributed by atoms with Crippen molar-refractivity contribution in [3.8, 4) is 11.1 Å². The summed E-state index contributed by atoms with van der Waals surface area (Å²) >= 11 is 0. The molecule has 0 aliphatic heterocycles. The largest absolute Gasteiger partial charge is 0.460 e. The van der Waals surface area contributed by atoms with Crippen LogP contribution in [0.25, 0.3) is 11.1 Å². The quantitative estimate of drug-likeness (QED) is 0.334. The Morgan fingerprint density at radius 2 is 1.44 bits per heavy atom. The molecule has 0 bridgehead atoms. The van der Waals surface area contributed by atoms with Gasteiger partial charge in [-0.2, -0.15) is 0 Å². The van der Waals surface area contributed by atoms with Crippen molar-refractivity contribution >= 4 is 12.1 Å². The zero-order valence-corrected chi connectivity index (χ0v) is 19.1. The van der Waals surface area contributed by atoms with E-state index in [4.69, 9.17) is 15.2 Å². The highest BCUT2D eigenvalue weighted by molar-refractivity contribution is 5.89. The number of benzene rings is 3. The van der Waals surface area contributed by atoms with Crippen molar-refractivity contribution < 1.29 is 19.1 Å². The molecule has 0 aromatic heterocycles. The summed E-state index contributed by atoms with van der Waals surface area (Å²) < 4.78 is 11.1. The Balaban J connectivity index is 1.35. The SMILES string of the molecule is NCCCCC(COC(=O)c1ccccc1)NC(=O)OCC1c2ccccc2-c2ccccc21. The number of fused-ring (bicyclic) bond motifs is 3. The number of nitrogens with one attached hydrogen (secondary N) is 1. The van der Waals surface area contributed by atoms with Crippen molar-refractivity contribution in [1.29, 1.82) is 0 Å². The third-order valence-electron chi connectivity index (χ3n) is 6.10. The predicted octanol–water partition coefficient (Wildman–Crippen LogP) is 4.88. The number of rotatable bonds is 10. The van der Waals surface area contributed by atoms with Crippen molar-refractivity contribution in [1.82, 2.24) is 5.32 Å². The normalized spacial score (nSPS) is 13.0. The van der Waals surface area contributed by atoms with Crippen LogP contribution in [-0.2, 0) is 9.47 Å². The van der Waals surface area contributed by atoms with Gasteiger partial charge >= 0.3 is 12.1 Å². The van der Waals surface area contributed by atoms with Crippen LogP contribution in [0.3, 0.4) is 0 Å². The third kappa shape index (κ3) is 5.64. The Morgan fingerprint density at radius 3 is 2.09 bits per heavy atom. The van der Waals surface area contributed by atoms with Gasteiger partial charge in [0.1, 0.15) is 13.2 Å². The van der Waals surface area contributed by atoms with Gasteiger partial charge in [0.25, 0.3) is 0 Å². The van der Waals surface area contributed by atoms with E-state index in [0.717, 1.165) is 24.0 Å². The monoisotopic (exact) mass is 458 g/mol. The van der Waals surface area contributed by atoms with Gasteiger partial charge in [0.2, 0.25) is 0 Å². The van der Waals surface area contributed by atoms with Crippen LogP contribution in [0.4, 0.5) is 4.79 Å². The highest BCUT2D eigenvalue weighted by Crippen LogP contribution is 2.44.